The van der Waals surface area contributed by atoms with Crippen molar-refractivity contribution < 1.29 is 13.9 Å². The highest BCUT2D eigenvalue weighted by Crippen LogP contribution is 2.24. The number of halogens is 2. The predicted octanol–water partition coefficient (Wildman–Crippen LogP) is 5.03. The Balaban J connectivity index is 1.77. The molecule has 3 rings (SSSR count). The van der Waals surface area contributed by atoms with Gasteiger partial charge in [0.25, 0.3) is 5.91 Å². The second kappa shape index (κ2) is 7.23. The number of ether oxygens (including phenoxy) is 1. The van der Waals surface area contributed by atoms with Crippen molar-refractivity contribution in [3.63, 3.8) is 0 Å². The Morgan fingerprint density at radius 2 is 1.83 bits per heavy atom. The Morgan fingerprint density at radius 1 is 1.04 bits per heavy atom. The van der Waals surface area contributed by atoms with Crippen molar-refractivity contribution in [2.75, 3.05) is 5.32 Å². The molecule has 0 aliphatic carbocycles. The molecule has 1 heterocycles. The van der Waals surface area contributed by atoms with Gasteiger partial charge in [0.15, 0.2) is 0 Å². The number of rotatable bonds is 4. The topological polar surface area (TPSA) is 51.2 Å². The number of anilines is 1. The Morgan fingerprint density at radius 3 is 2.62 bits per heavy atom. The molecule has 0 aliphatic heterocycles. The molecule has 2 aromatic carbocycles. The minimum atomic E-state index is -0.583. The van der Waals surface area contributed by atoms with Crippen molar-refractivity contribution in [3.8, 4) is 11.5 Å². The number of hydrogen-bond acceptors (Lipinski definition) is 3. The molecule has 0 saturated carbocycles. The van der Waals surface area contributed by atoms with E-state index in [0.717, 1.165) is 0 Å². The molecule has 1 aromatic heterocycles. The SMILES string of the molecule is O=C(Nc1cccc(Oc2ccncc2)c1)c1cc(Br)ccc1F. The van der Waals surface area contributed by atoms with Gasteiger partial charge in [-0.1, -0.05) is 22.0 Å². The fraction of sp³-hybridized carbons (Fsp3) is 0. The highest BCUT2D eigenvalue weighted by molar-refractivity contribution is 9.10. The Bertz CT molecular complexity index is 872. The lowest BCUT2D eigenvalue weighted by Crippen LogP contribution is -2.13. The van der Waals surface area contributed by atoms with E-state index in [9.17, 15) is 9.18 Å². The lowest BCUT2D eigenvalue weighted by molar-refractivity contribution is 0.102. The van der Waals surface area contributed by atoms with Gasteiger partial charge in [-0.3, -0.25) is 9.78 Å². The van der Waals surface area contributed by atoms with Crippen LogP contribution in [0, 0.1) is 5.82 Å². The summed E-state index contributed by atoms with van der Waals surface area (Å²) >= 11 is 3.23. The number of hydrogen-bond donors (Lipinski definition) is 1. The summed E-state index contributed by atoms with van der Waals surface area (Å²) in [4.78, 5) is 16.2. The number of benzene rings is 2. The standard InChI is InChI=1S/C18H12BrFN2O2/c19-12-4-5-17(20)16(10-12)18(23)22-13-2-1-3-15(11-13)24-14-6-8-21-9-7-14/h1-11H,(H,22,23). The summed E-state index contributed by atoms with van der Waals surface area (Å²) in [5, 5.41) is 2.66. The van der Waals surface area contributed by atoms with Crippen LogP contribution in [0.5, 0.6) is 11.5 Å². The molecule has 3 aromatic rings. The van der Waals surface area contributed by atoms with Crippen LogP contribution in [0.3, 0.4) is 0 Å². The molecular weight excluding hydrogens is 375 g/mol. The normalized spacial score (nSPS) is 10.2. The van der Waals surface area contributed by atoms with Crippen molar-refractivity contribution >= 4 is 27.5 Å². The maximum absolute atomic E-state index is 13.8. The Labute approximate surface area is 146 Å². The summed E-state index contributed by atoms with van der Waals surface area (Å²) in [6.07, 6.45) is 3.24. The van der Waals surface area contributed by atoms with Gasteiger partial charge >= 0.3 is 0 Å². The van der Waals surface area contributed by atoms with Gasteiger partial charge in [-0.2, -0.15) is 0 Å². The first kappa shape index (κ1) is 16.1. The van der Waals surface area contributed by atoms with Gasteiger partial charge in [-0.25, -0.2) is 4.39 Å². The average Bonchev–Trinajstić information content (AvgIpc) is 2.58. The minimum absolute atomic E-state index is 0.0372. The van der Waals surface area contributed by atoms with Crippen LogP contribution < -0.4 is 10.1 Å². The monoisotopic (exact) mass is 386 g/mol. The zero-order valence-electron chi connectivity index (χ0n) is 12.4. The summed E-state index contributed by atoms with van der Waals surface area (Å²) in [6, 6.07) is 14.5. The van der Waals surface area contributed by atoms with Gasteiger partial charge in [0.2, 0.25) is 0 Å². The molecule has 0 atom stereocenters. The summed E-state index contributed by atoms with van der Waals surface area (Å²) in [5.74, 6) is 0.0648. The zero-order valence-corrected chi connectivity index (χ0v) is 14.0. The van der Waals surface area contributed by atoms with Crippen molar-refractivity contribution in [1.29, 1.82) is 0 Å². The van der Waals surface area contributed by atoms with E-state index in [1.165, 1.54) is 18.2 Å². The van der Waals surface area contributed by atoms with Gasteiger partial charge in [0, 0.05) is 28.6 Å². The molecule has 0 bridgehead atoms. The second-order valence-electron chi connectivity index (χ2n) is 4.89. The predicted molar refractivity (Wildman–Crippen MR) is 92.8 cm³/mol. The van der Waals surface area contributed by atoms with E-state index < -0.39 is 11.7 Å². The van der Waals surface area contributed by atoms with Crippen molar-refractivity contribution in [2.45, 2.75) is 0 Å². The molecule has 0 radical (unpaired) electrons. The van der Waals surface area contributed by atoms with Crippen molar-refractivity contribution in [1.82, 2.24) is 4.98 Å². The third kappa shape index (κ3) is 3.97. The first-order valence-corrected chi connectivity index (χ1v) is 7.85. The molecule has 0 unspecified atom stereocenters. The number of aromatic nitrogens is 1. The van der Waals surface area contributed by atoms with Crippen LogP contribution in [-0.2, 0) is 0 Å². The van der Waals surface area contributed by atoms with Gasteiger partial charge in [-0.15, -0.1) is 0 Å². The summed E-state index contributed by atoms with van der Waals surface area (Å²) in [5.41, 5.74) is 0.468. The van der Waals surface area contributed by atoms with E-state index in [1.807, 2.05) is 0 Å². The van der Waals surface area contributed by atoms with Gasteiger partial charge in [-0.05, 0) is 42.5 Å². The van der Waals surface area contributed by atoms with Crippen LogP contribution in [0.15, 0.2) is 71.5 Å². The molecule has 0 fully saturated rings. The van der Waals surface area contributed by atoms with Crippen molar-refractivity contribution in [2.24, 2.45) is 0 Å². The smallest absolute Gasteiger partial charge is 0.258 e. The lowest BCUT2D eigenvalue weighted by atomic mass is 10.2. The molecular formula is C18H12BrFN2O2. The largest absolute Gasteiger partial charge is 0.457 e. The van der Waals surface area contributed by atoms with Crippen LogP contribution in [0.4, 0.5) is 10.1 Å². The maximum Gasteiger partial charge on any atom is 0.258 e. The van der Waals surface area contributed by atoms with Crippen LogP contribution >= 0.6 is 15.9 Å². The van der Waals surface area contributed by atoms with Crippen LogP contribution in [0.1, 0.15) is 10.4 Å². The quantitative estimate of drug-likeness (QED) is 0.684. The zero-order chi connectivity index (χ0) is 16.9. The minimum Gasteiger partial charge on any atom is -0.457 e. The van der Waals surface area contributed by atoms with Gasteiger partial charge < -0.3 is 10.1 Å². The number of carbonyl (C=O) groups is 1. The highest BCUT2D eigenvalue weighted by atomic mass is 79.9. The van der Waals surface area contributed by atoms with E-state index >= 15 is 0 Å². The average molecular weight is 387 g/mol. The molecule has 1 N–H and O–H groups in total. The fourth-order valence-electron chi connectivity index (χ4n) is 2.05. The van der Waals surface area contributed by atoms with Crippen molar-refractivity contribution in [3.05, 3.63) is 82.8 Å². The molecule has 0 spiro atoms. The molecule has 0 aliphatic rings. The van der Waals surface area contributed by atoms with Gasteiger partial charge in [0.05, 0.1) is 5.56 Å². The number of carbonyl (C=O) groups excluding carboxylic acids is 1. The van der Waals surface area contributed by atoms with E-state index in [2.05, 4.69) is 26.2 Å². The highest BCUT2D eigenvalue weighted by Gasteiger charge is 2.12. The van der Waals surface area contributed by atoms with E-state index in [-0.39, 0.29) is 5.56 Å². The summed E-state index contributed by atoms with van der Waals surface area (Å²) in [7, 11) is 0. The van der Waals surface area contributed by atoms with Crippen LogP contribution in [0.25, 0.3) is 0 Å². The number of nitrogens with one attached hydrogen (secondary N) is 1. The third-order valence-corrected chi connectivity index (χ3v) is 3.64. The van der Waals surface area contributed by atoms with Crippen LogP contribution in [-0.4, -0.2) is 10.9 Å². The van der Waals surface area contributed by atoms with E-state index in [4.69, 9.17) is 4.74 Å². The third-order valence-electron chi connectivity index (χ3n) is 3.15. The van der Waals surface area contributed by atoms with E-state index in [0.29, 0.717) is 21.7 Å². The molecule has 120 valence electrons. The molecule has 24 heavy (non-hydrogen) atoms. The molecule has 4 nitrogen and oxygen atoms in total. The van der Waals surface area contributed by atoms with Gasteiger partial charge in [0.1, 0.15) is 17.3 Å². The first-order valence-electron chi connectivity index (χ1n) is 7.06. The van der Waals surface area contributed by atoms with E-state index in [1.54, 1.807) is 48.8 Å². The first-order chi connectivity index (χ1) is 11.6. The second-order valence-corrected chi connectivity index (χ2v) is 5.81. The summed E-state index contributed by atoms with van der Waals surface area (Å²) < 4.78 is 20.1. The number of amides is 1. The summed E-state index contributed by atoms with van der Waals surface area (Å²) in [6.45, 7) is 0. The van der Waals surface area contributed by atoms with Crippen LogP contribution in [0.2, 0.25) is 0 Å². The molecule has 0 saturated heterocycles. The maximum atomic E-state index is 13.8. The fourth-order valence-corrected chi connectivity index (χ4v) is 2.41. The lowest BCUT2D eigenvalue weighted by Gasteiger charge is -2.09. The number of pyridine rings is 1. The number of nitrogens with zero attached hydrogens (tertiary/aromatic N) is 1. The molecule has 6 heteroatoms. The Hall–Kier alpha value is -2.73. The molecule has 1 amide bonds. The Kier molecular flexibility index (Phi) is 4.86.